The smallest absolute Gasteiger partial charge is 0.253 e. The number of halogens is 1. The Morgan fingerprint density at radius 1 is 1.75 bits per heavy atom. The molecule has 0 aliphatic carbocycles. The molecule has 0 saturated carbocycles. The van der Waals surface area contributed by atoms with Crippen LogP contribution in [0.5, 0.6) is 0 Å². The van der Waals surface area contributed by atoms with Crippen molar-refractivity contribution in [3.05, 3.63) is 29.0 Å². The van der Waals surface area contributed by atoms with Crippen molar-refractivity contribution < 1.29 is 10.0 Å². The van der Waals surface area contributed by atoms with Crippen LogP contribution in [-0.2, 0) is 0 Å². The molecule has 86 valence electrons. The first kappa shape index (κ1) is 12.3. The molecular formula is C9H11ClN4O2. The van der Waals surface area contributed by atoms with E-state index in [1.807, 2.05) is 0 Å². The molecule has 0 saturated heterocycles. The van der Waals surface area contributed by atoms with Gasteiger partial charge in [0.15, 0.2) is 5.84 Å². The van der Waals surface area contributed by atoms with Crippen LogP contribution in [0.2, 0.25) is 5.02 Å². The maximum atomic E-state index is 11.7. The van der Waals surface area contributed by atoms with Crippen LogP contribution in [0.1, 0.15) is 17.3 Å². The molecule has 1 aromatic heterocycles. The molecule has 0 spiro atoms. The normalized spacial score (nSPS) is 13.2. The lowest BCUT2D eigenvalue weighted by Crippen LogP contribution is -2.42. The number of carbonyl (C=O) groups is 1. The van der Waals surface area contributed by atoms with Gasteiger partial charge in [0.25, 0.3) is 5.91 Å². The zero-order valence-electron chi connectivity index (χ0n) is 8.51. The van der Waals surface area contributed by atoms with Gasteiger partial charge in [0.05, 0.1) is 16.6 Å². The van der Waals surface area contributed by atoms with Crippen molar-refractivity contribution in [2.75, 3.05) is 0 Å². The van der Waals surface area contributed by atoms with E-state index in [-0.39, 0.29) is 16.4 Å². The predicted molar refractivity (Wildman–Crippen MR) is 59.6 cm³/mol. The van der Waals surface area contributed by atoms with Gasteiger partial charge < -0.3 is 16.3 Å². The van der Waals surface area contributed by atoms with Crippen LogP contribution in [0, 0.1) is 0 Å². The number of carbonyl (C=O) groups excluding carboxylic acids is 1. The molecule has 0 fully saturated rings. The Hall–Kier alpha value is -1.82. The molecule has 1 rings (SSSR count). The van der Waals surface area contributed by atoms with E-state index >= 15 is 0 Å². The molecule has 0 aromatic carbocycles. The number of nitrogens with one attached hydrogen (secondary N) is 1. The molecule has 4 N–H and O–H groups in total. The maximum absolute atomic E-state index is 11.7. The summed E-state index contributed by atoms with van der Waals surface area (Å²) in [5.41, 5.74) is 5.61. The summed E-state index contributed by atoms with van der Waals surface area (Å²) in [5.74, 6) is -0.495. The van der Waals surface area contributed by atoms with Crippen molar-refractivity contribution in [1.82, 2.24) is 10.3 Å². The summed E-state index contributed by atoms with van der Waals surface area (Å²) >= 11 is 5.78. The Balaban J connectivity index is 2.78. The first-order valence-electron chi connectivity index (χ1n) is 4.44. The van der Waals surface area contributed by atoms with E-state index in [1.54, 1.807) is 6.92 Å². The Labute approximate surface area is 97.1 Å². The molecule has 0 aliphatic rings. The fraction of sp³-hybridized carbons (Fsp3) is 0.222. The number of amides is 1. The zero-order chi connectivity index (χ0) is 12.1. The Bertz CT molecular complexity index is 422. The standard InChI is InChI=1S/C9H11ClN4O2/c1-5(8(11)14-16)13-9(15)6-2-3-12-4-7(6)10/h2-5,16H,1H3,(H2,11,14)(H,13,15). The van der Waals surface area contributed by atoms with E-state index in [4.69, 9.17) is 22.5 Å². The Morgan fingerprint density at radius 2 is 2.44 bits per heavy atom. The highest BCUT2D eigenvalue weighted by Gasteiger charge is 2.15. The van der Waals surface area contributed by atoms with Gasteiger partial charge in [-0.3, -0.25) is 9.78 Å². The molecule has 0 bridgehead atoms. The van der Waals surface area contributed by atoms with Crippen LogP contribution in [0.25, 0.3) is 0 Å². The molecule has 1 heterocycles. The lowest BCUT2D eigenvalue weighted by molar-refractivity contribution is 0.0948. The number of nitrogens with two attached hydrogens (primary N) is 1. The number of amidine groups is 1. The number of nitrogens with zero attached hydrogens (tertiary/aromatic N) is 2. The Kier molecular flexibility index (Phi) is 4.07. The third kappa shape index (κ3) is 2.83. The number of rotatable bonds is 3. The third-order valence-corrected chi connectivity index (χ3v) is 2.22. The van der Waals surface area contributed by atoms with Gasteiger partial charge in [-0.05, 0) is 13.0 Å². The van der Waals surface area contributed by atoms with E-state index < -0.39 is 11.9 Å². The third-order valence-electron chi connectivity index (χ3n) is 1.92. The monoisotopic (exact) mass is 242 g/mol. The summed E-state index contributed by atoms with van der Waals surface area (Å²) in [4.78, 5) is 15.4. The zero-order valence-corrected chi connectivity index (χ0v) is 9.27. The highest BCUT2D eigenvalue weighted by molar-refractivity contribution is 6.33. The average Bonchev–Trinajstić information content (AvgIpc) is 2.28. The van der Waals surface area contributed by atoms with E-state index in [9.17, 15) is 4.79 Å². The van der Waals surface area contributed by atoms with Crippen molar-refractivity contribution in [3.8, 4) is 0 Å². The van der Waals surface area contributed by atoms with Gasteiger partial charge in [-0.2, -0.15) is 0 Å². The van der Waals surface area contributed by atoms with E-state index in [1.165, 1.54) is 18.5 Å². The van der Waals surface area contributed by atoms with Crippen LogP contribution >= 0.6 is 11.6 Å². The first-order valence-corrected chi connectivity index (χ1v) is 4.82. The second kappa shape index (κ2) is 5.32. The van der Waals surface area contributed by atoms with Crippen LogP contribution < -0.4 is 11.1 Å². The molecule has 1 aromatic rings. The summed E-state index contributed by atoms with van der Waals surface area (Å²) in [5, 5.41) is 14.0. The minimum absolute atomic E-state index is 0.0847. The van der Waals surface area contributed by atoms with Crippen molar-refractivity contribution >= 4 is 23.3 Å². The average molecular weight is 243 g/mol. The van der Waals surface area contributed by atoms with Crippen LogP contribution in [0.3, 0.4) is 0 Å². The fourth-order valence-electron chi connectivity index (χ4n) is 0.994. The second-order valence-corrected chi connectivity index (χ2v) is 3.48. The Morgan fingerprint density at radius 3 is 3.00 bits per heavy atom. The summed E-state index contributed by atoms with van der Waals surface area (Å²) in [6.07, 6.45) is 2.82. The quantitative estimate of drug-likeness (QED) is 0.313. The largest absolute Gasteiger partial charge is 0.409 e. The highest BCUT2D eigenvalue weighted by Crippen LogP contribution is 2.12. The molecule has 0 radical (unpaired) electrons. The van der Waals surface area contributed by atoms with E-state index in [0.29, 0.717) is 0 Å². The van der Waals surface area contributed by atoms with Gasteiger partial charge in [0, 0.05) is 12.4 Å². The van der Waals surface area contributed by atoms with Crippen molar-refractivity contribution in [1.29, 1.82) is 0 Å². The van der Waals surface area contributed by atoms with Gasteiger partial charge in [-0.25, -0.2) is 0 Å². The first-order chi connectivity index (χ1) is 7.56. The van der Waals surface area contributed by atoms with Crippen molar-refractivity contribution in [3.63, 3.8) is 0 Å². The van der Waals surface area contributed by atoms with E-state index in [2.05, 4.69) is 15.5 Å². The summed E-state index contributed by atoms with van der Waals surface area (Å²) in [6, 6.07) is 0.901. The number of aromatic nitrogens is 1. The van der Waals surface area contributed by atoms with Crippen LogP contribution in [0.4, 0.5) is 0 Å². The number of oxime groups is 1. The van der Waals surface area contributed by atoms with Gasteiger partial charge in [0.1, 0.15) is 0 Å². The number of hydrogen-bond acceptors (Lipinski definition) is 4. The predicted octanol–water partition coefficient (Wildman–Crippen LogP) is 0.600. The molecule has 16 heavy (non-hydrogen) atoms. The molecule has 1 amide bonds. The number of pyridine rings is 1. The minimum Gasteiger partial charge on any atom is -0.409 e. The molecule has 0 aliphatic heterocycles. The van der Waals surface area contributed by atoms with Gasteiger partial charge in [-0.1, -0.05) is 16.8 Å². The van der Waals surface area contributed by atoms with Gasteiger partial charge in [-0.15, -0.1) is 0 Å². The van der Waals surface area contributed by atoms with Crippen molar-refractivity contribution in [2.45, 2.75) is 13.0 Å². The lowest BCUT2D eigenvalue weighted by atomic mass is 10.2. The SMILES string of the molecule is CC(NC(=O)c1ccncc1Cl)C(N)=NO. The molecular weight excluding hydrogens is 232 g/mol. The fourth-order valence-corrected chi connectivity index (χ4v) is 1.20. The van der Waals surface area contributed by atoms with Gasteiger partial charge >= 0.3 is 0 Å². The number of hydrogen-bond donors (Lipinski definition) is 3. The summed E-state index contributed by atoms with van der Waals surface area (Å²) in [7, 11) is 0. The second-order valence-electron chi connectivity index (χ2n) is 3.08. The lowest BCUT2D eigenvalue weighted by Gasteiger charge is -2.12. The summed E-state index contributed by atoms with van der Waals surface area (Å²) < 4.78 is 0. The van der Waals surface area contributed by atoms with Crippen molar-refractivity contribution in [2.24, 2.45) is 10.9 Å². The van der Waals surface area contributed by atoms with Gasteiger partial charge in [0.2, 0.25) is 0 Å². The molecule has 7 heteroatoms. The molecule has 1 atom stereocenters. The summed E-state index contributed by atoms with van der Waals surface area (Å²) in [6.45, 7) is 1.59. The molecule has 1 unspecified atom stereocenters. The topological polar surface area (TPSA) is 101 Å². The maximum Gasteiger partial charge on any atom is 0.253 e. The minimum atomic E-state index is -0.582. The van der Waals surface area contributed by atoms with Crippen LogP contribution in [0.15, 0.2) is 23.6 Å². The van der Waals surface area contributed by atoms with Crippen LogP contribution in [-0.4, -0.2) is 28.0 Å². The van der Waals surface area contributed by atoms with E-state index in [0.717, 1.165) is 0 Å². The molecule has 6 nitrogen and oxygen atoms in total. The highest BCUT2D eigenvalue weighted by atomic mass is 35.5.